The molecule has 1 fully saturated rings. The summed E-state index contributed by atoms with van der Waals surface area (Å²) >= 11 is 0. The minimum Gasteiger partial charge on any atom is -0.475 e. The Hall–Kier alpha value is -1.29. The van der Waals surface area contributed by atoms with Gasteiger partial charge in [0.15, 0.2) is 0 Å². The molecular formula is C12H17NO3. The van der Waals surface area contributed by atoms with E-state index in [0.29, 0.717) is 23.8 Å². The van der Waals surface area contributed by atoms with Gasteiger partial charge in [-0.1, -0.05) is 13.8 Å². The van der Waals surface area contributed by atoms with E-state index in [-0.39, 0.29) is 5.76 Å². The van der Waals surface area contributed by atoms with Crippen LogP contribution in [0, 0.1) is 12.3 Å². The number of furan rings is 1. The summed E-state index contributed by atoms with van der Waals surface area (Å²) in [4.78, 5) is 10.7. The number of aromatic carboxylic acids is 1. The summed E-state index contributed by atoms with van der Waals surface area (Å²) in [5.74, 6) is -0.311. The smallest absolute Gasteiger partial charge is 0.371 e. The summed E-state index contributed by atoms with van der Waals surface area (Å²) in [6, 6.07) is 2.13. The largest absolute Gasteiger partial charge is 0.475 e. The molecule has 1 heterocycles. The molecule has 1 aliphatic rings. The molecule has 0 saturated heterocycles. The highest BCUT2D eigenvalue weighted by molar-refractivity contribution is 5.84. The highest BCUT2D eigenvalue weighted by Gasteiger charge is 2.45. The predicted molar refractivity (Wildman–Crippen MR) is 59.4 cm³/mol. The molecule has 0 spiro atoms. The molecule has 0 bridgehead atoms. The van der Waals surface area contributed by atoms with E-state index in [9.17, 15) is 4.79 Å². The van der Waals surface area contributed by atoms with Gasteiger partial charge in [-0.15, -0.1) is 0 Å². The van der Waals surface area contributed by atoms with Gasteiger partial charge in [0.25, 0.3) is 0 Å². The van der Waals surface area contributed by atoms with Gasteiger partial charge in [-0.25, -0.2) is 4.79 Å². The van der Waals surface area contributed by atoms with Crippen LogP contribution < -0.4 is 5.32 Å². The van der Waals surface area contributed by atoms with E-state index in [1.807, 2.05) is 0 Å². The number of carbonyl (C=O) groups is 1. The van der Waals surface area contributed by atoms with Crippen molar-refractivity contribution in [2.45, 2.75) is 39.8 Å². The van der Waals surface area contributed by atoms with Gasteiger partial charge in [0.1, 0.15) is 5.76 Å². The number of hydrogen-bond acceptors (Lipinski definition) is 3. The monoisotopic (exact) mass is 223 g/mol. The topological polar surface area (TPSA) is 62.5 Å². The van der Waals surface area contributed by atoms with Crippen LogP contribution >= 0.6 is 0 Å². The van der Waals surface area contributed by atoms with Crippen molar-refractivity contribution in [1.29, 1.82) is 0 Å². The lowest BCUT2D eigenvalue weighted by Gasteiger charge is -2.05. The average molecular weight is 223 g/mol. The number of hydrogen-bond donors (Lipinski definition) is 2. The Kier molecular flexibility index (Phi) is 2.54. The van der Waals surface area contributed by atoms with E-state index in [4.69, 9.17) is 9.52 Å². The van der Waals surface area contributed by atoms with Crippen LogP contribution in [-0.4, -0.2) is 17.1 Å². The summed E-state index contributed by atoms with van der Waals surface area (Å²) in [5.41, 5.74) is 1.31. The van der Waals surface area contributed by atoms with E-state index in [1.54, 1.807) is 13.0 Å². The molecule has 1 aromatic heterocycles. The van der Waals surface area contributed by atoms with Gasteiger partial charge in [0.05, 0.1) is 0 Å². The van der Waals surface area contributed by atoms with Crippen LogP contribution in [0.5, 0.6) is 0 Å². The molecular weight excluding hydrogens is 206 g/mol. The number of aryl methyl sites for hydroxylation is 1. The molecule has 88 valence electrons. The third kappa shape index (κ3) is 2.11. The first-order chi connectivity index (χ1) is 7.40. The Bertz CT molecular complexity index is 420. The van der Waals surface area contributed by atoms with Crippen LogP contribution in [0.15, 0.2) is 10.5 Å². The molecule has 1 unspecified atom stereocenters. The van der Waals surface area contributed by atoms with Crippen molar-refractivity contribution in [3.8, 4) is 0 Å². The molecule has 0 radical (unpaired) electrons. The third-order valence-electron chi connectivity index (χ3n) is 3.28. The molecule has 1 aliphatic carbocycles. The van der Waals surface area contributed by atoms with Gasteiger partial charge in [0, 0.05) is 18.2 Å². The standard InChI is InChI=1S/C12H17NO3/c1-7-8(4-9(16-7)11(14)15)6-13-10-5-12(10,2)3/h4,10,13H,5-6H2,1-3H3,(H,14,15). The second-order valence-corrected chi connectivity index (χ2v) is 5.12. The molecule has 0 amide bonds. The van der Waals surface area contributed by atoms with Crippen molar-refractivity contribution in [2.75, 3.05) is 0 Å². The van der Waals surface area contributed by atoms with E-state index in [0.717, 1.165) is 5.56 Å². The maximum Gasteiger partial charge on any atom is 0.371 e. The van der Waals surface area contributed by atoms with Crippen LogP contribution in [0.1, 0.15) is 42.1 Å². The first-order valence-electron chi connectivity index (χ1n) is 5.46. The van der Waals surface area contributed by atoms with Gasteiger partial charge in [-0.2, -0.15) is 0 Å². The normalized spacial score (nSPS) is 22.1. The quantitative estimate of drug-likeness (QED) is 0.821. The van der Waals surface area contributed by atoms with Gasteiger partial charge in [-0.05, 0) is 24.8 Å². The molecule has 4 heteroatoms. The molecule has 2 rings (SSSR count). The Morgan fingerprint density at radius 3 is 2.75 bits per heavy atom. The molecule has 1 saturated carbocycles. The number of rotatable bonds is 4. The molecule has 1 atom stereocenters. The van der Waals surface area contributed by atoms with E-state index in [2.05, 4.69) is 19.2 Å². The van der Waals surface area contributed by atoms with Gasteiger partial charge in [-0.3, -0.25) is 0 Å². The molecule has 0 aromatic carbocycles. The van der Waals surface area contributed by atoms with Gasteiger partial charge in [0.2, 0.25) is 5.76 Å². The lowest BCUT2D eigenvalue weighted by atomic mass is 10.2. The SMILES string of the molecule is Cc1oc(C(=O)O)cc1CNC1CC1(C)C. The van der Waals surface area contributed by atoms with Gasteiger partial charge >= 0.3 is 5.97 Å². The summed E-state index contributed by atoms with van der Waals surface area (Å²) < 4.78 is 5.14. The van der Waals surface area contributed by atoms with E-state index < -0.39 is 5.97 Å². The van der Waals surface area contributed by atoms with Crippen LogP contribution in [0.3, 0.4) is 0 Å². The van der Waals surface area contributed by atoms with Crippen LogP contribution in [0.4, 0.5) is 0 Å². The minimum atomic E-state index is -1.01. The number of carboxylic acids is 1. The van der Waals surface area contributed by atoms with Crippen molar-refractivity contribution < 1.29 is 14.3 Å². The Labute approximate surface area is 94.6 Å². The number of carboxylic acid groups (broad SMARTS) is 1. The average Bonchev–Trinajstić information content (AvgIpc) is 2.61. The molecule has 1 aromatic rings. The van der Waals surface area contributed by atoms with Crippen LogP contribution in [-0.2, 0) is 6.54 Å². The van der Waals surface area contributed by atoms with Crippen molar-refractivity contribution in [2.24, 2.45) is 5.41 Å². The molecule has 2 N–H and O–H groups in total. The van der Waals surface area contributed by atoms with Crippen molar-refractivity contribution in [3.63, 3.8) is 0 Å². The van der Waals surface area contributed by atoms with Crippen molar-refractivity contribution in [3.05, 3.63) is 23.2 Å². The number of nitrogens with one attached hydrogen (secondary N) is 1. The molecule has 0 aliphatic heterocycles. The van der Waals surface area contributed by atoms with Crippen LogP contribution in [0.25, 0.3) is 0 Å². The zero-order valence-electron chi connectivity index (χ0n) is 9.83. The van der Waals surface area contributed by atoms with E-state index >= 15 is 0 Å². The molecule has 16 heavy (non-hydrogen) atoms. The van der Waals surface area contributed by atoms with E-state index in [1.165, 1.54) is 6.42 Å². The Morgan fingerprint density at radius 2 is 2.31 bits per heavy atom. The fraction of sp³-hybridized carbons (Fsp3) is 0.583. The summed E-state index contributed by atoms with van der Waals surface area (Å²) in [7, 11) is 0. The Balaban J connectivity index is 1.97. The first kappa shape index (κ1) is 11.2. The second kappa shape index (κ2) is 3.63. The maximum absolute atomic E-state index is 10.7. The van der Waals surface area contributed by atoms with Crippen molar-refractivity contribution >= 4 is 5.97 Å². The zero-order chi connectivity index (χ0) is 11.9. The summed E-state index contributed by atoms with van der Waals surface area (Å²) in [6.45, 7) is 6.91. The first-order valence-corrected chi connectivity index (χ1v) is 5.46. The summed E-state index contributed by atoms with van der Waals surface area (Å²) in [6.07, 6.45) is 1.18. The zero-order valence-corrected chi connectivity index (χ0v) is 9.83. The van der Waals surface area contributed by atoms with Crippen molar-refractivity contribution in [1.82, 2.24) is 5.32 Å². The molecule has 4 nitrogen and oxygen atoms in total. The van der Waals surface area contributed by atoms with Gasteiger partial charge < -0.3 is 14.8 Å². The Morgan fingerprint density at radius 1 is 1.69 bits per heavy atom. The fourth-order valence-electron chi connectivity index (χ4n) is 1.85. The predicted octanol–water partition coefficient (Wildman–Crippen LogP) is 2.17. The lowest BCUT2D eigenvalue weighted by Crippen LogP contribution is -2.19. The minimum absolute atomic E-state index is 0.0179. The highest BCUT2D eigenvalue weighted by atomic mass is 16.4. The van der Waals surface area contributed by atoms with Crippen LogP contribution in [0.2, 0.25) is 0 Å². The second-order valence-electron chi connectivity index (χ2n) is 5.12. The maximum atomic E-state index is 10.7. The summed E-state index contributed by atoms with van der Waals surface area (Å²) in [5, 5.41) is 12.2. The fourth-order valence-corrected chi connectivity index (χ4v) is 1.85. The third-order valence-corrected chi connectivity index (χ3v) is 3.28. The lowest BCUT2D eigenvalue weighted by molar-refractivity contribution is 0.0661. The highest BCUT2D eigenvalue weighted by Crippen LogP contribution is 2.44.